The Kier molecular flexibility index (Phi) is 8.32. The number of carbonyl (C=O) groups is 2. The molecule has 10 heteroatoms. The summed E-state index contributed by atoms with van der Waals surface area (Å²) in [6.07, 6.45) is -1.51. The van der Waals surface area contributed by atoms with Crippen molar-refractivity contribution in [2.75, 3.05) is 25.5 Å². The van der Waals surface area contributed by atoms with E-state index < -0.39 is 18.3 Å². The van der Waals surface area contributed by atoms with Gasteiger partial charge < -0.3 is 35.3 Å². The van der Waals surface area contributed by atoms with Crippen LogP contribution in [-0.4, -0.2) is 54.2 Å². The van der Waals surface area contributed by atoms with Crippen LogP contribution in [0.2, 0.25) is 0 Å². The van der Waals surface area contributed by atoms with Gasteiger partial charge in [0.05, 0.1) is 13.7 Å². The van der Waals surface area contributed by atoms with Crippen molar-refractivity contribution in [3.63, 3.8) is 0 Å². The van der Waals surface area contributed by atoms with Gasteiger partial charge in [-0.3, -0.25) is 10.2 Å². The Morgan fingerprint density at radius 3 is 2.50 bits per heavy atom. The lowest BCUT2D eigenvalue weighted by atomic mass is 10.0. The zero-order valence-corrected chi connectivity index (χ0v) is 20.9. The van der Waals surface area contributed by atoms with Crippen molar-refractivity contribution in [3.05, 3.63) is 89.5 Å². The second-order valence-corrected chi connectivity index (χ2v) is 8.83. The fourth-order valence-electron chi connectivity index (χ4n) is 4.27. The Morgan fingerprint density at radius 2 is 1.84 bits per heavy atom. The monoisotopic (exact) mass is 518 g/mol. The third kappa shape index (κ3) is 6.52. The maximum Gasteiger partial charge on any atom is 0.506 e. The van der Waals surface area contributed by atoms with Gasteiger partial charge >= 0.3 is 6.16 Å². The largest absolute Gasteiger partial charge is 0.506 e. The molecule has 1 aliphatic rings. The molecule has 0 aliphatic carbocycles. The molecule has 0 spiro atoms. The molecule has 1 heterocycles. The van der Waals surface area contributed by atoms with Gasteiger partial charge in [-0.05, 0) is 47.5 Å². The van der Waals surface area contributed by atoms with Crippen LogP contribution in [0.25, 0.3) is 0 Å². The number of amidine groups is 1. The maximum absolute atomic E-state index is 13.7. The van der Waals surface area contributed by atoms with Crippen LogP contribution in [0.4, 0.5) is 10.5 Å². The quantitative estimate of drug-likeness (QED) is 0.179. The molecule has 2 atom stereocenters. The number of hydrogen-bond donors (Lipinski definition) is 4. The van der Waals surface area contributed by atoms with Crippen LogP contribution in [0.1, 0.15) is 29.2 Å². The molecule has 4 rings (SSSR count). The minimum absolute atomic E-state index is 0.0541. The Labute approximate surface area is 220 Å². The first-order chi connectivity index (χ1) is 18.3. The van der Waals surface area contributed by atoms with E-state index in [1.54, 1.807) is 47.4 Å². The molecular weight excluding hydrogens is 488 g/mol. The number of carboxylic acid groups (broad SMARTS) is 1. The molecule has 1 fully saturated rings. The Hall–Kier alpha value is -4.73. The maximum atomic E-state index is 13.7. The number of ether oxygens (including phenoxy) is 3. The fourth-order valence-corrected chi connectivity index (χ4v) is 4.27. The van der Waals surface area contributed by atoms with Gasteiger partial charge in [-0.15, -0.1) is 0 Å². The number of nitrogen functional groups attached to an aromatic ring is 1. The van der Waals surface area contributed by atoms with Crippen LogP contribution in [-0.2, 0) is 16.1 Å². The highest BCUT2D eigenvalue weighted by atomic mass is 16.7. The second kappa shape index (κ2) is 12.0. The topological polar surface area (TPSA) is 147 Å². The molecule has 0 aromatic heterocycles. The SMILES string of the molecule is COc1cc(C(Nc2ccc(C(=N)N)cc2)C(=O)N2CCC(OC(=O)O)C2)ccc1OCc1ccccc1. The molecule has 3 aromatic rings. The summed E-state index contributed by atoms with van der Waals surface area (Å²) in [7, 11) is 1.54. The lowest BCUT2D eigenvalue weighted by molar-refractivity contribution is -0.131. The molecule has 198 valence electrons. The minimum Gasteiger partial charge on any atom is -0.493 e. The molecule has 3 aromatic carbocycles. The van der Waals surface area contributed by atoms with Gasteiger partial charge in [-0.1, -0.05) is 36.4 Å². The fraction of sp³-hybridized carbons (Fsp3) is 0.250. The zero-order chi connectivity index (χ0) is 27.1. The van der Waals surface area contributed by atoms with E-state index in [1.807, 2.05) is 30.3 Å². The summed E-state index contributed by atoms with van der Waals surface area (Å²) >= 11 is 0. The molecule has 2 unspecified atom stereocenters. The summed E-state index contributed by atoms with van der Waals surface area (Å²) in [6.45, 7) is 0.897. The van der Waals surface area contributed by atoms with Gasteiger partial charge in [0.25, 0.3) is 0 Å². The van der Waals surface area contributed by atoms with Crippen LogP contribution in [0.15, 0.2) is 72.8 Å². The summed E-state index contributed by atoms with van der Waals surface area (Å²) in [4.78, 5) is 26.2. The number of rotatable bonds is 10. The van der Waals surface area contributed by atoms with Gasteiger partial charge in [0.15, 0.2) is 11.5 Å². The van der Waals surface area contributed by atoms with Crippen molar-refractivity contribution >= 4 is 23.6 Å². The van der Waals surface area contributed by atoms with Gasteiger partial charge in [0.2, 0.25) is 5.91 Å². The Morgan fingerprint density at radius 1 is 1.11 bits per heavy atom. The van der Waals surface area contributed by atoms with Gasteiger partial charge in [0, 0.05) is 24.2 Å². The van der Waals surface area contributed by atoms with Crippen LogP contribution in [0.3, 0.4) is 0 Å². The molecule has 1 saturated heterocycles. The number of anilines is 1. The number of carbonyl (C=O) groups excluding carboxylic acids is 1. The van der Waals surface area contributed by atoms with Crippen molar-refractivity contribution in [1.29, 1.82) is 5.41 Å². The number of methoxy groups -OCH3 is 1. The molecule has 0 bridgehead atoms. The van der Waals surface area contributed by atoms with Crippen LogP contribution < -0.4 is 20.5 Å². The number of hydrogen-bond acceptors (Lipinski definition) is 7. The molecular formula is C28H30N4O6. The minimum atomic E-state index is -1.36. The number of benzene rings is 3. The first kappa shape index (κ1) is 26.3. The summed E-state index contributed by atoms with van der Waals surface area (Å²) in [5.41, 5.74) is 8.42. The summed E-state index contributed by atoms with van der Waals surface area (Å²) < 4.78 is 16.4. The van der Waals surface area contributed by atoms with Gasteiger partial charge in [-0.2, -0.15) is 0 Å². The third-order valence-electron chi connectivity index (χ3n) is 6.24. The van der Waals surface area contributed by atoms with Crippen molar-refractivity contribution < 1.29 is 28.9 Å². The van der Waals surface area contributed by atoms with Crippen LogP contribution in [0, 0.1) is 5.41 Å². The van der Waals surface area contributed by atoms with E-state index in [0.717, 1.165) is 5.56 Å². The first-order valence-electron chi connectivity index (χ1n) is 12.1. The predicted octanol–water partition coefficient (Wildman–Crippen LogP) is 4.01. The van der Waals surface area contributed by atoms with Gasteiger partial charge in [-0.25, -0.2) is 4.79 Å². The number of amides is 1. The van der Waals surface area contributed by atoms with E-state index in [-0.39, 0.29) is 18.3 Å². The predicted molar refractivity (Wildman–Crippen MR) is 142 cm³/mol. The molecule has 1 amide bonds. The van der Waals surface area contributed by atoms with E-state index >= 15 is 0 Å². The average Bonchev–Trinajstić information content (AvgIpc) is 3.38. The van der Waals surface area contributed by atoms with E-state index in [2.05, 4.69) is 5.32 Å². The van der Waals surface area contributed by atoms with E-state index in [9.17, 15) is 9.59 Å². The summed E-state index contributed by atoms with van der Waals surface area (Å²) in [5.74, 6) is 0.713. The molecule has 10 nitrogen and oxygen atoms in total. The van der Waals surface area contributed by atoms with Crippen molar-refractivity contribution in [2.45, 2.75) is 25.2 Å². The van der Waals surface area contributed by atoms with Crippen molar-refractivity contribution in [3.8, 4) is 11.5 Å². The average molecular weight is 519 g/mol. The third-order valence-corrected chi connectivity index (χ3v) is 6.24. The number of nitrogens with one attached hydrogen (secondary N) is 2. The van der Waals surface area contributed by atoms with E-state index in [0.29, 0.717) is 47.9 Å². The normalized spacial score (nSPS) is 15.4. The molecule has 1 aliphatic heterocycles. The smallest absolute Gasteiger partial charge is 0.493 e. The first-order valence-corrected chi connectivity index (χ1v) is 12.1. The van der Waals surface area contributed by atoms with Crippen molar-refractivity contribution in [2.24, 2.45) is 5.73 Å². The van der Waals surface area contributed by atoms with Crippen molar-refractivity contribution in [1.82, 2.24) is 4.90 Å². The summed E-state index contributed by atoms with van der Waals surface area (Å²) in [5, 5.41) is 19.8. The van der Waals surface area contributed by atoms with Gasteiger partial charge in [0.1, 0.15) is 24.6 Å². The number of nitrogens with zero attached hydrogens (tertiary/aromatic N) is 1. The highest BCUT2D eigenvalue weighted by Crippen LogP contribution is 2.33. The molecule has 0 saturated carbocycles. The highest BCUT2D eigenvalue weighted by molar-refractivity contribution is 5.95. The van der Waals surface area contributed by atoms with E-state index in [4.69, 9.17) is 30.5 Å². The number of likely N-dealkylation sites (tertiary alicyclic amines) is 1. The van der Waals surface area contributed by atoms with Crippen LogP contribution >= 0.6 is 0 Å². The van der Waals surface area contributed by atoms with Crippen LogP contribution in [0.5, 0.6) is 11.5 Å². The molecule has 38 heavy (non-hydrogen) atoms. The lowest BCUT2D eigenvalue weighted by Gasteiger charge is -2.26. The van der Waals surface area contributed by atoms with E-state index in [1.165, 1.54) is 7.11 Å². The lowest BCUT2D eigenvalue weighted by Crippen LogP contribution is -2.37. The number of nitrogens with two attached hydrogens (primary N) is 1. The Bertz CT molecular complexity index is 1280. The second-order valence-electron chi connectivity index (χ2n) is 8.83. The Balaban J connectivity index is 1.59. The standard InChI is InChI=1S/C28H30N4O6/c1-36-24-15-20(9-12-23(24)37-17-18-5-3-2-4-6-18)25(31-21-10-7-19(8-11-21)26(29)30)27(33)32-14-13-22(16-32)38-28(34)35/h2-12,15,22,25,31H,13-14,16-17H2,1H3,(H3,29,30)(H,34,35). The zero-order valence-electron chi connectivity index (χ0n) is 20.9. The summed E-state index contributed by atoms with van der Waals surface area (Å²) in [6, 6.07) is 21.1. The molecule has 0 radical (unpaired) electrons. The molecule has 5 N–H and O–H groups in total. The highest BCUT2D eigenvalue weighted by Gasteiger charge is 2.34.